The van der Waals surface area contributed by atoms with E-state index in [9.17, 15) is 0 Å². The first-order valence-corrected chi connectivity index (χ1v) is 7.43. The topological polar surface area (TPSA) is 92.0 Å². The summed E-state index contributed by atoms with van der Waals surface area (Å²) in [6.45, 7) is 6.70. The van der Waals surface area contributed by atoms with E-state index in [1.54, 1.807) is 0 Å². The number of nitrogens with zero attached hydrogens (tertiary/aromatic N) is 3. The lowest BCUT2D eigenvalue weighted by atomic mass is 9.96. The van der Waals surface area contributed by atoms with Crippen LogP contribution in [-0.2, 0) is 12.0 Å². The fourth-order valence-corrected chi connectivity index (χ4v) is 2.36. The van der Waals surface area contributed by atoms with Gasteiger partial charge in [-0.15, -0.1) is 0 Å². The van der Waals surface area contributed by atoms with Crippen molar-refractivity contribution >= 4 is 5.96 Å². The third-order valence-electron chi connectivity index (χ3n) is 3.56. The van der Waals surface area contributed by atoms with Gasteiger partial charge in [0.25, 0.3) is 0 Å². The van der Waals surface area contributed by atoms with Crippen LogP contribution in [0, 0.1) is 0 Å². The monoisotopic (exact) mass is 278 g/mol. The van der Waals surface area contributed by atoms with E-state index in [0.717, 1.165) is 11.6 Å². The summed E-state index contributed by atoms with van der Waals surface area (Å²) in [4.78, 5) is 8.78. The highest BCUT2D eigenvalue weighted by Gasteiger charge is 2.19. The molecule has 1 aromatic rings. The number of nitrogens with one attached hydrogen (secondary N) is 2. The molecule has 0 aromatic carbocycles. The van der Waals surface area contributed by atoms with E-state index in [-0.39, 0.29) is 5.41 Å². The molecule has 0 spiro atoms. The second kappa shape index (κ2) is 6.24. The SMILES string of the molecule is CC(C)(C)c1n[nH]c(CN=C(N)NC2CCCCC2)n1. The molecule has 0 bridgehead atoms. The first kappa shape index (κ1) is 14.8. The van der Waals surface area contributed by atoms with Crippen LogP contribution >= 0.6 is 0 Å². The van der Waals surface area contributed by atoms with E-state index in [2.05, 4.69) is 46.3 Å². The molecule has 0 radical (unpaired) electrons. The Morgan fingerprint density at radius 1 is 1.35 bits per heavy atom. The van der Waals surface area contributed by atoms with Crippen molar-refractivity contribution in [2.24, 2.45) is 10.7 Å². The number of hydrogen-bond donors (Lipinski definition) is 3. The van der Waals surface area contributed by atoms with Crippen molar-refractivity contribution in [3.05, 3.63) is 11.6 Å². The highest BCUT2D eigenvalue weighted by molar-refractivity contribution is 5.78. The largest absolute Gasteiger partial charge is 0.370 e. The number of rotatable bonds is 3. The van der Waals surface area contributed by atoms with Crippen molar-refractivity contribution in [1.29, 1.82) is 0 Å². The quantitative estimate of drug-likeness (QED) is 0.581. The Hall–Kier alpha value is -1.59. The van der Waals surface area contributed by atoms with Gasteiger partial charge in [0.05, 0.1) is 0 Å². The molecule has 1 aliphatic rings. The Balaban J connectivity index is 1.86. The van der Waals surface area contributed by atoms with Gasteiger partial charge in [0, 0.05) is 11.5 Å². The molecule has 1 heterocycles. The van der Waals surface area contributed by atoms with Crippen LogP contribution in [0.2, 0.25) is 0 Å². The summed E-state index contributed by atoms with van der Waals surface area (Å²) in [5.74, 6) is 2.07. The molecule has 1 saturated carbocycles. The smallest absolute Gasteiger partial charge is 0.189 e. The summed E-state index contributed by atoms with van der Waals surface area (Å²) in [6.07, 6.45) is 6.27. The molecule has 112 valence electrons. The summed E-state index contributed by atoms with van der Waals surface area (Å²) in [6, 6.07) is 0.479. The third-order valence-corrected chi connectivity index (χ3v) is 3.56. The molecular weight excluding hydrogens is 252 g/mol. The highest BCUT2D eigenvalue weighted by Crippen LogP contribution is 2.18. The predicted octanol–water partition coefficient (Wildman–Crippen LogP) is 1.84. The number of guanidine groups is 1. The molecule has 4 N–H and O–H groups in total. The lowest BCUT2D eigenvalue weighted by Gasteiger charge is -2.23. The second-order valence-electron chi connectivity index (χ2n) is 6.54. The number of nitrogens with two attached hydrogens (primary N) is 1. The molecule has 6 nitrogen and oxygen atoms in total. The van der Waals surface area contributed by atoms with Gasteiger partial charge in [0.2, 0.25) is 0 Å². The van der Waals surface area contributed by atoms with Gasteiger partial charge in [-0.3, -0.25) is 5.10 Å². The Morgan fingerprint density at radius 2 is 2.05 bits per heavy atom. The van der Waals surface area contributed by atoms with Crippen molar-refractivity contribution in [3.8, 4) is 0 Å². The zero-order valence-electron chi connectivity index (χ0n) is 12.7. The van der Waals surface area contributed by atoms with Gasteiger partial charge < -0.3 is 11.1 Å². The lowest BCUT2D eigenvalue weighted by molar-refractivity contribution is 0.412. The zero-order chi connectivity index (χ0) is 14.6. The number of aromatic nitrogens is 3. The zero-order valence-corrected chi connectivity index (χ0v) is 12.7. The van der Waals surface area contributed by atoms with Crippen LogP contribution in [-0.4, -0.2) is 27.2 Å². The van der Waals surface area contributed by atoms with Gasteiger partial charge in [0.15, 0.2) is 11.8 Å². The van der Waals surface area contributed by atoms with Crippen LogP contribution in [0.3, 0.4) is 0 Å². The minimum atomic E-state index is -0.0512. The standard InChI is InChI=1S/C14H26N6/c1-14(2,3)12-18-11(19-20-12)9-16-13(15)17-10-7-5-4-6-8-10/h10H,4-9H2,1-3H3,(H3,15,16,17)(H,18,19,20). The van der Waals surface area contributed by atoms with Gasteiger partial charge >= 0.3 is 0 Å². The van der Waals surface area contributed by atoms with E-state index in [0.29, 0.717) is 18.5 Å². The maximum absolute atomic E-state index is 5.92. The number of hydrogen-bond acceptors (Lipinski definition) is 3. The van der Waals surface area contributed by atoms with Gasteiger partial charge in [-0.2, -0.15) is 5.10 Å². The fraction of sp³-hybridized carbons (Fsp3) is 0.786. The molecule has 0 aliphatic heterocycles. The van der Waals surface area contributed by atoms with Crippen LogP contribution < -0.4 is 11.1 Å². The number of H-pyrrole nitrogens is 1. The van der Waals surface area contributed by atoms with Crippen molar-refractivity contribution in [2.75, 3.05) is 0 Å². The Bertz CT molecular complexity index is 450. The molecule has 2 rings (SSSR count). The van der Waals surface area contributed by atoms with E-state index >= 15 is 0 Å². The molecule has 0 unspecified atom stereocenters. The maximum atomic E-state index is 5.92. The van der Waals surface area contributed by atoms with Crippen molar-refractivity contribution < 1.29 is 0 Å². The van der Waals surface area contributed by atoms with E-state index < -0.39 is 0 Å². The van der Waals surface area contributed by atoms with Crippen LogP contribution in [0.15, 0.2) is 4.99 Å². The average molecular weight is 278 g/mol. The summed E-state index contributed by atoms with van der Waals surface area (Å²) < 4.78 is 0. The molecule has 1 aliphatic carbocycles. The highest BCUT2D eigenvalue weighted by atomic mass is 15.2. The van der Waals surface area contributed by atoms with E-state index in [1.165, 1.54) is 32.1 Å². The average Bonchev–Trinajstić information content (AvgIpc) is 2.86. The summed E-state index contributed by atoms with van der Waals surface area (Å²) in [7, 11) is 0. The van der Waals surface area contributed by atoms with Crippen molar-refractivity contribution in [3.63, 3.8) is 0 Å². The first-order chi connectivity index (χ1) is 9.45. The van der Waals surface area contributed by atoms with Gasteiger partial charge in [-0.05, 0) is 12.8 Å². The maximum Gasteiger partial charge on any atom is 0.189 e. The molecule has 1 fully saturated rings. The van der Waals surface area contributed by atoms with Crippen molar-refractivity contribution in [2.45, 2.75) is 70.9 Å². The molecule has 1 aromatic heterocycles. The minimum absolute atomic E-state index is 0.0512. The Morgan fingerprint density at radius 3 is 2.65 bits per heavy atom. The van der Waals surface area contributed by atoms with Crippen LogP contribution in [0.5, 0.6) is 0 Å². The number of aliphatic imine (C=N–C) groups is 1. The molecule has 0 amide bonds. The predicted molar refractivity (Wildman–Crippen MR) is 80.4 cm³/mol. The summed E-state index contributed by atoms with van der Waals surface area (Å²) >= 11 is 0. The second-order valence-corrected chi connectivity index (χ2v) is 6.54. The Kier molecular flexibility index (Phi) is 4.62. The van der Waals surface area contributed by atoms with Gasteiger partial charge in [-0.25, -0.2) is 9.98 Å². The molecule has 6 heteroatoms. The molecular formula is C14H26N6. The van der Waals surface area contributed by atoms with Gasteiger partial charge in [0.1, 0.15) is 12.4 Å². The molecule has 20 heavy (non-hydrogen) atoms. The van der Waals surface area contributed by atoms with Crippen LogP contribution in [0.1, 0.15) is 64.5 Å². The van der Waals surface area contributed by atoms with Crippen molar-refractivity contribution in [1.82, 2.24) is 20.5 Å². The van der Waals surface area contributed by atoms with E-state index in [4.69, 9.17) is 5.73 Å². The normalized spacial score (nSPS) is 18.2. The minimum Gasteiger partial charge on any atom is -0.370 e. The fourth-order valence-electron chi connectivity index (χ4n) is 2.36. The number of aromatic amines is 1. The Labute approximate surface area is 120 Å². The van der Waals surface area contributed by atoms with Gasteiger partial charge in [-0.1, -0.05) is 40.0 Å². The molecule has 0 atom stereocenters. The summed E-state index contributed by atoms with van der Waals surface area (Å²) in [5.41, 5.74) is 5.87. The molecule has 0 saturated heterocycles. The third kappa shape index (κ3) is 4.21. The van der Waals surface area contributed by atoms with Crippen LogP contribution in [0.4, 0.5) is 0 Å². The van der Waals surface area contributed by atoms with Crippen LogP contribution in [0.25, 0.3) is 0 Å². The van der Waals surface area contributed by atoms with E-state index in [1.807, 2.05) is 0 Å². The summed E-state index contributed by atoms with van der Waals surface area (Å²) in [5, 5.41) is 10.4. The first-order valence-electron chi connectivity index (χ1n) is 7.43. The lowest BCUT2D eigenvalue weighted by Crippen LogP contribution is -2.41.